The Morgan fingerprint density at radius 1 is 1.14 bits per heavy atom. The molecule has 1 N–H and O–H groups in total. The van der Waals surface area contributed by atoms with Crippen LogP contribution in [0.1, 0.15) is 32.6 Å². The molecule has 21 heavy (non-hydrogen) atoms. The molecule has 0 aliphatic carbocycles. The number of nitrogens with zero attached hydrogens (tertiary/aromatic N) is 1. The normalized spacial score (nSPS) is 13.0. The molecular formula is C16H30N2O3. The lowest BCUT2D eigenvalue weighted by Crippen LogP contribution is -2.37. The number of hydrogen-bond acceptors (Lipinski definition) is 5. The number of ether oxygens (including phenoxy) is 2. The van der Waals surface area contributed by atoms with E-state index in [1.165, 1.54) is 0 Å². The summed E-state index contributed by atoms with van der Waals surface area (Å²) in [6.45, 7) is 13.0. The Balaban J connectivity index is 2.23. The van der Waals surface area contributed by atoms with Crippen molar-refractivity contribution in [3.05, 3.63) is 24.2 Å². The summed E-state index contributed by atoms with van der Waals surface area (Å²) in [6.07, 6.45) is 1.71. The summed E-state index contributed by atoms with van der Waals surface area (Å²) in [5, 5.41) is 3.48. The van der Waals surface area contributed by atoms with Crippen LogP contribution in [0.3, 0.4) is 0 Å². The molecule has 0 fully saturated rings. The second-order valence-corrected chi connectivity index (χ2v) is 4.93. The Labute approximate surface area is 128 Å². The van der Waals surface area contributed by atoms with E-state index in [9.17, 15) is 0 Å². The molecule has 0 bridgehead atoms. The van der Waals surface area contributed by atoms with Gasteiger partial charge < -0.3 is 19.2 Å². The van der Waals surface area contributed by atoms with E-state index in [2.05, 4.69) is 17.1 Å². The Hall–Kier alpha value is -0.880. The van der Waals surface area contributed by atoms with Gasteiger partial charge in [-0.3, -0.25) is 4.90 Å². The van der Waals surface area contributed by atoms with E-state index in [0.717, 1.165) is 58.4 Å². The molecule has 1 aromatic heterocycles. The van der Waals surface area contributed by atoms with Gasteiger partial charge in [-0.1, -0.05) is 0 Å². The van der Waals surface area contributed by atoms with Gasteiger partial charge in [-0.05, 0) is 32.9 Å². The van der Waals surface area contributed by atoms with Crippen molar-refractivity contribution in [1.29, 1.82) is 0 Å². The van der Waals surface area contributed by atoms with Gasteiger partial charge in [0.1, 0.15) is 5.76 Å². The molecule has 0 spiro atoms. The van der Waals surface area contributed by atoms with E-state index in [0.29, 0.717) is 0 Å². The SMILES string of the molecule is CCOCCN(CCNC(C)c1ccco1)CCOCC. The average molecular weight is 298 g/mol. The summed E-state index contributed by atoms with van der Waals surface area (Å²) in [5.41, 5.74) is 0. The van der Waals surface area contributed by atoms with Crippen molar-refractivity contribution < 1.29 is 13.9 Å². The van der Waals surface area contributed by atoms with Crippen LogP contribution in [0.15, 0.2) is 22.8 Å². The summed E-state index contributed by atoms with van der Waals surface area (Å²) in [7, 11) is 0. The standard InChI is InChI=1S/C16H30N2O3/c1-4-19-13-10-18(11-14-20-5-2)9-8-17-15(3)16-7-6-12-21-16/h6-7,12,15,17H,4-5,8-11,13-14H2,1-3H3. The predicted molar refractivity (Wildman–Crippen MR) is 84.6 cm³/mol. The molecule has 122 valence electrons. The Bertz CT molecular complexity index is 320. The van der Waals surface area contributed by atoms with Crippen LogP contribution in [0.4, 0.5) is 0 Å². The zero-order valence-corrected chi connectivity index (χ0v) is 13.6. The second kappa shape index (κ2) is 11.7. The lowest BCUT2D eigenvalue weighted by atomic mass is 10.2. The smallest absolute Gasteiger partial charge is 0.120 e. The van der Waals surface area contributed by atoms with Crippen molar-refractivity contribution in [2.75, 3.05) is 52.6 Å². The van der Waals surface area contributed by atoms with Gasteiger partial charge in [0.15, 0.2) is 0 Å². The van der Waals surface area contributed by atoms with Crippen molar-refractivity contribution in [2.24, 2.45) is 0 Å². The maximum atomic E-state index is 5.44. The van der Waals surface area contributed by atoms with Crippen LogP contribution in [-0.2, 0) is 9.47 Å². The van der Waals surface area contributed by atoms with Crippen LogP contribution in [0, 0.1) is 0 Å². The van der Waals surface area contributed by atoms with Gasteiger partial charge in [-0.25, -0.2) is 0 Å². The predicted octanol–water partition coefficient (Wildman–Crippen LogP) is 2.31. The minimum atomic E-state index is 0.237. The first-order valence-corrected chi connectivity index (χ1v) is 7.92. The Kier molecular flexibility index (Phi) is 10.2. The van der Waals surface area contributed by atoms with Gasteiger partial charge in [-0.15, -0.1) is 0 Å². The average Bonchev–Trinajstić information content (AvgIpc) is 3.01. The van der Waals surface area contributed by atoms with Crippen molar-refractivity contribution in [3.63, 3.8) is 0 Å². The van der Waals surface area contributed by atoms with Crippen molar-refractivity contribution in [3.8, 4) is 0 Å². The largest absolute Gasteiger partial charge is 0.468 e. The summed E-state index contributed by atoms with van der Waals surface area (Å²) in [4.78, 5) is 2.37. The zero-order chi connectivity index (χ0) is 15.3. The third kappa shape index (κ3) is 8.21. The molecule has 1 aromatic rings. The first kappa shape index (κ1) is 18.2. The van der Waals surface area contributed by atoms with E-state index < -0.39 is 0 Å². The zero-order valence-electron chi connectivity index (χ0n) is 13.6. The summed E-state index contributed by atoms with van der Waals surface area (Å²) < 4.78 is 16.3. The van der Waals surface area contributed by atoms with Gasteiger partial charge in [0.25, 0.3) is 0 Å². The molecule has 5 heteroatoms. The molecule has 1 unspecified atom stereocenters. The molecule has 0 saturated heterocycles. The Morgan fingerprint density at radius 3 is 2.33 bits per heavy atom. The van der Waals surface area contributed by atoms with E-state index in [-0.39, 0.29) is 6.04 Å². The lowest BCUT2D eigenvalue weighted by molar-refractivity contribution is 0.0828. The quantitative estimate of drug-likeness (QED) is 0.566. The molecule has 0 aliphatic heterocycles. The summed E-state index contributed by atoms with van der Waals surface area (Å²) in [6, 6.07) is 4.16. The van der Waals surface area contributed by atoms with Gasteiger partial charge in [0, 0.05) is 39.4 Å². The summed E-state index contributed by atoms with van der Waals surface area (Å²) in [5.74, 6) is 0.977. The number of furan rings is 1. The molecule has 0 aliphatic rings. The monoisotopic (exact) mass is 298 g/mol. The highest BCUT2D eigenvalue weighted by Crippen LogP contribution is 2.11. The van der Waals surface area contributed by atoms with Gasteiger partial charge in [-0.2, -0.15) is 0 Å². The third-order valence-corrected chi connectivity index (χ3v) is 3.36. The maximum Gasteiger partial charge on any atom is 0.120 e. The molecule has 0 amide bonds. The molecule has 0 aromatic carbocycles. The highest BCUT2D eigenvalue weighted by molar-refractivity contribution is 5.02. The Morgan fingerprint density at radius 2 is 1.81 bits per heavy atom. The minimum absolute atomic E-state index is 0.237. The van der Waals surface area contributed by atoms with Crippen LogP contribution in [0.25, 0.3) is 0 Å². The first-order chi connectivity index (χ1) is 10.3. The topological polar surface area (TPSA) is 46.9 Å². The molecule has 1 rings (SSSR count). The van der Waals surface area contributed by atoms with Gasteiger partial charge >= 0.3 is 0 Å². The van der Waals surface area contributed by atoms with E-state index in [4.69, 9.17) is 13.9 Å². The highest BCUT2D eigenvalue weighted by Gasteiger charge is 2.09. The lowest BCUT2D eigenvalue weighted by Gasteiger charge is -2.23. The van der Waals surface area contributed by atoms with Crippen LogP contribution in [0.5, 0.6) is 0 Å². The second-order valence-electron chi connectivity index (χ2n) is 4.93. The maximum absolute atomic E-state index is 5.44. The van der Waals surface area contributed by atoms with Gasteiger partial charge in [0.05, 0.1) is 25.5 Å². The molecular weight excluding hydrogens is 268 g/mol. The van der Waals surface area contributed by atoms with Crippen molar-refractivity contribution in [2.45, 2.75) is 26.8 Å². The van der Waals surface area contributed by atoms with Crippen molar-refractivity contribution in [1.82, 2.24) is 10.2 Å². The van der Waals surface area contributed by atoms with Crippen LogP contribution >= 0.6 is 0 Å². The van der Waals surface area contributed by atoms with Crippen LogP contribution < -0.4 is 5.32 Å². The van der Waals surface area contributed by atoms with Crippen LogP contribution in [0.2, 0.25) is 0 Å². The van der Waals surface area contributed by atoms with E-state index in [1.807, 2.05) is 26.0 Å². The molecule has 0 radical (unpaired) electrons. The molecule has 1 heterocycles. The molecule has 5 nitrogen and oxygen atoms in total. The van der Waals surface area contributed by atoms with Gasteiger partial charge in [0.2, 0.25) is 0 Å². The first-order valence-electron chi connectivity index (χ1n) is 7.92. The summed E-state index contributed by atoms with van der Waals surface area (Å²) >= 11 is 0. The van der Waals surface area contributed by atoms with E-state index in [1.54, 1.807) is 6.26 Å². The number of hydrogen-bond donors (Lipinski definition) is 1. The number of nitrogens with one attached hydrogen (secondary N) is 1. The van der Waals surface area contributed by atoms with E-state index >= 15 is 0 Å². The number of rotatable bonds is 13. The third-order valence-electron chi connectivity index (χ3n) is 3.36. The fraction of sp³-hybridized carbons (Fsp3) is 0.750. The molecule has 0 saturated carbocycles. The fourth-order valence-corrected chi connectivity index (χ4v) is 2.09. The minimum Gasteiger partial charge on any atom is -0.468 e. The van der Waals surface area contributed by atoms with Crippen LogP contribution in [-0.4, -0.2) is 57.5 Å². The highest BCUT2D eigenvalue weighted by atomic mass is 16.5. The fourth-order valence-electron chi connectivity index (χ4n) is 2.09. The molecule has 1 atom stereocenters. The van der Waals surface area contributed by atoms with Crippen molar-refractivity contribution >= 4 is 0 Å².